The first kappa shape index (κ1) is 30.8. The Morgan fingerprint density at radius 3 is 1.83 bits per heavy atom. The van der Waals surface area contributed by atoms with Gasteiger partial charge in [-0.1, -0.05) is 48.0 Å². The van der Waals surface area contributed by atoms with Gasteiger partial charge in [0.05, 0.1) is 0 Å². The first-order valence-electron chi connectivity index (χ1n) is 8.47. The van der Waals surface area contributed by atoms with E-state index in [0.29, 0.717) is 0 Å². The fourth-order valence-corrected chi connectivity index (χ4v) is 3.10. The number of benzene rings is 3. The first-order chi connectivity index (χ1) is 12.9. The molecule has 0 aliphatic heterocycles. The number of hydrogen-bond donors (Lipinski definition) is 0. The van der Waals surface area contributed by atoms with Crippen molar-refractivity contribution in [3.05, 3.63) is 124 Å². The minimum atomic E-state index is 0. The zero-order valence-corrected chi connectivity index (χ0v) is 22.3. The van der Waals surface area contributed by atoms with Gasteiger partial charge in [0.2, 0.25) is 0 Å². The van der Waals surface area contributed by atoms with Crippen molar-refractivity contribution in [3.8, 4) is 11.1 Å². The molecule has 4 heteroatoms. The fourth-order valence-electron chi connectivity index (χ4n) is 3.10. The fraction of sp³-hybridized carbons (Fsp3) is 0. The molecule has 2 radical (unpaired) electrons. The van der Waals surface area contributed by atoms with Crippen molar-refractivity contribution >= 4 is 53.2 Å². The zero-order valence-electron chi connectivity index (χ0n) is 17.2. The van der Waals surface area contributed by atoms with E-state index in [2.05, 4.69) is 116 Å². The van der Waals surface area contributed by atoms with Gasteiger partial charge in [0.1, 0.15) is 0 Å². The third-order valence-electron chi connectivity index (χ3n) is 4.31. The second-order valence-corrected chi connectivity index (χ2v) is 5.85. The van der Waals surface area contributed by atoms with Crippen LogP contribution in [0.25, 0.3) is 32.7 Å². The van der Waals surface area contributed by atoms with Crippen LogP contribution in [-0.2, 0) is 23.3 Å². The van der Waals surface area contributed by atoms with Gasteiger partial charge in [-0.05, 0) is 5.56 Å². The molecule has 0 bridgehead atoms. The summed E-state index contributed by atoms with van der Waals surface area (Å²) >= 11 is 1.36. The third-order valence-corrected chi connectivity index (χ3v) is 4.31. The summed E-state index contributed by atoms with van der Waals surface area (Å²) in [6.07, 6.45) is 0. The van der Waals surface area contributed by atoms with E-state index in [-0.39, 0.29) is 39.7 Å². The van der Waals surface area contributed by atoms with Crippen LogP contribution in [0.1, 0.15) is 0 Å². The molecule has 5 aromatic carbocycles. The molecule has 0 N–H and O–H groups in total. The smallest absolute Gasteiger partial charge is 0.0279 e. The van der Waals surface area contributed by atoms with Crippen molar-refractivity contribution in [1.82, 2.24) is 0 Å². The van der Waals surface area contributed by atoms with Crippen LogP contribution in [0, 0.1) is 14.9 Å². The van der Waals surface area contributed by atoms with Crippen LogP contribution in [0.3, 0.4) is 0 Å². The van der Waals surface area contributed by atoms with E-state index < -0.39 is 0 Å². The second-order valence-electron chi connectivity index (χ2n) is 5.85. The summed E-state index contributed by atoms with van der Waals surface area (Å²) in [7, 11) is 0. The minimum absolute atomic E-state index is 0. The number of rotatable bonds is 1. The molecule has 0 amide bonds. The molecule has 5 rings (SSSR count). The molecular weight excluding hydrogens is 503 g/mol. The normalized spacial score (nSPS) is 8.50. The van der Waals surface area contributed by atoms with E-state index in [1.807, 2.05) is 0 Å². The monoisotopic (exact) mass is 526 g/mol. The summed E-state index contributed by atoms with van der Waals surface area (Å²) in [5.74, 6) is 0. The van der Waals surface area contributed by atoms with Gasteiger partial charge in [-0.25, -0.2) is 0 Å². The van der Waals surface area contributed by atoms with Crippen molar-refractivity contribution in [1.29, 1.82) is 0 Å². The SMILES string of the molecule is Cl.Cl.[CH3-].[CH3-].[Si]=[Zr].c1ccc(-c2cccc3[cH-]ccc23)cc1.c1ccc2[cH-]ccc2c1. The number of halogens is 2. The van der Waals surface area contributed by atoms with Crippen LogP contribution in [0.4, 0.5) is 0 Å². The molecule has 0 aromatic heterocycles. The standard InChI is InChI=1S/C15H11.C9H7.2CH3.2ClH.Si.Zr/c1-2-6-12(7-3-1)14-10-4-8-13-9-5-11-15(13)14;1-2-5-9-7-3-6-8(9)4-1;;;;;;/h1-11H;1-7H;2*1H3;2*1H;;/q4*-1;;;;. The molecule has 0 aliphatic rings. The van der Waals surface area contributed by atoms with Gasteiger partial charge in [0.15, 0.2) is 0 Å². The second kappa shape index (κ2) is 16.3. The van der Waals surface area contributed by atoms with Gasteiger partial charge >= 0.3 is 30.2 Å². The summed E-state index contributed by atoms with van der Waals surface area (Å²) in [6.45, 7) is 3.06. The molecule has 0 fully saturated rings. The summed E-state index contributed by atoms with van der Waals surface area (Å²) < 4.78 is 0. The Bertz CT molecular complexity index is 1050. The number of fused-ring (bicyclic) bond motifs is 2. The van der Waals surface area contributed by atoms with Crippen molar-refractivity contribution in [3.63, 3.8) is 0 Å². The molecule has 0 saturated heterocycles. The largest absolute Gasteiger partial charge is 0.168 e. The maximum atomic E-state index is 3.06. The summed E-state index contributed by atoms with van der Waals surface area (Å²) in [4.78, 5) is 0. The minimum Gasteiger partial charge on any atom is -0.168 e. The Kier molecular flexibility index (Phi) is 16.7. The van der Waals surface area contributed by atoms with Gasteiger partial charge in [0.25, 0.3) is 0 Å². The maximum absolute atomic E-state index is 3.06. The first-order valence-corrected chi connectivity index (χ1v) is 12.7. The van der Waals surface area contributed by atoms with Crippen LogP contribution in [0.15, 0.2) is 109 Å². The van der Waals surface area contributed by atoms with Gasteiger partial charge < -0.3 is 14.9 Å². The average molecular weight is 529 g/mol. The van der Waals surface area contributed by atoms with E-state index >= 15 is 0 Å². The Balaban J connectivity index is 0. The predicted octanol–water partition coefficient (Wildman–Crippen LogP) is 8.15. The number of hydrogen-bond acceptors (Lipinski definition) is 0. The Labute approximate surface area is 210 Å². The van der Waals surface area contributed by atoms with Crippen LogP contribution in [0.2, 0.25) is 0 Å². The van der Waals surface area contributed by atoms with Gasteiger partial charge in [-0.3, -0.25) is 0 Å². The van der Waals surface area contributed by atoms with Crippen molar-refractivity contribution in [2.45, 2.75) is 0 Å². The average Bonchev–Trinajstić information content (AvgIpc) is 3.39. The molecule has 0 spiro atoms. The molecule has 0 saturated carbocycles. The topological polar surface area (TPSA) is 0 Å². The van der Waals surface area contributed by atoms with E-state index in [1.54, 1.807) is 0 Å². The molecule has 5 aromatic rings. The third kappa shape index (κ3) is 7.67. The summed E-state index contributed by atoms with van der Waals surface area (Å²) in [5, 5.41) is 5.31. The predicted molar refractivity (Wildman–Crippen MR) is 138 cm³/mol. The van der Waals surface area contributed by atoms with Gasteiger partial charge in [0, 0.05) is 0 Å². The maximum Gasteiger partial charge on any atom is -0.0279 e. The quantitative estimate of drug-likeness (QED) is 0.152. The molecule has 0 heterocycles. The zero-order chi connectivity index (χ0) is 18.2. The van der Waals surface area contributed by atoms with Crippen LogP contribution >= 0.6 is 24.8 Å². The molecule has 30 heavy (non-hydrogen) atoms. The van der Waals surface area contributed by atoms with E-state index in [9.17, 15) is 0 Å². The van der Waals surface area contributed by atoms with Crippen molar-refractivity contribution in [2.75, 3.05) is 0 Å². The van der Waals surface area contributed by atoms with Crippen LogP contribution < -0.4 is 0 Å². The van der Waals surface area contributed by atoms with Crippen molar-refractivity contribution in [2.24, 2.45) is 0 Å². The van der Waals surface area contributed by atoms with E-state index in [1.165, 1.54) is 56.0 Å². The van der Waals surface area contributed by atoms with Gasteiger partial charge in [-0.2, -0.15) is 29.7 Å². The van der Waals surface area contributed by atoms with Gasteiger partial charge in [-0.15, -0.1) is 83.4 Å². The summed E-state index contributed by atoms with van der Waals surface area (Å²) in [6, 6.07) is 38.1. The van der Waals surface area contributed by atoms with E-state index in [4.69, 9.17) is 0 Å². The molecular formula is C26H26Cl2SiZr-4. The Hall–Kier alpha value is -1.44. The summed E-state index contributed by atoms with van der Waals surface area (Å²) in [5.41, 5.74) is 2.60. The van der Waals surface area contributed by atoms with E-state index in [0.717, 1.165) is 0 Å². The molecule has 0 nitrogen and oxygen atoms in total. The molecule has 156 valence electrons. The van der Waals surface area contributed by atoms with Crippen molar-refractivity contribution < 1.29 is 23.3 Å². The molecule has 0 atom stereocenters. The van der Waals surface area contributed by atoms with Crippen LogP contribution in [-0.4, -0.2) is 6.88 Å². The Morgan fingerprint density at radius 1 is 0.567 bits per heavy atom. The van der Waals surface area contributed by atoms with Crippen LogP contribution in [0.5, 0.6) is 0 Å². The molecule has 0 unspecified atom stereocenters. The molecule has 0 aliphatic carbocycles. The Morgan fingerprint density at radius 2 is 1.13 bits per heavy atom.